The number of rotatable bonds is 21. The van der Waals surface area contributed by atoms with Crippen molar-refractivity contribution in [2.75, 3.05) is 44.7 Å². The molecule has 1 aromatic heterocycles. The van der Waals surface area contributed by atoms with Crippen LogP contribution < -0.4 is 30.7 Å². The van der Waals surface area contributed by atoms with Crippen LogP contribution in [0.2, 0.25) is 0 Å². The molecule has 0 fully saturated rings. The van der Waals surface area contributed by atoms with Gasteiger partial charge in [-0.15, -0.1) is 25.5 Å². The highest BCUT2D eigenvalue weighted by Gasteiger charge is 2.43. The molecule has 474 valence electrons. The predicted molar refractivity (Wildman–Crippen MR) is 362 cm³/mol. The molecule has 4 heterocycles. The number of benzene rings is 6. The van der Waals surface area contributed by atoms with Crippen molar-refractivity contribution in [3.8, 4) is 17.1 Å². The van der Waals surface area contributed by atoms with Crippen molar-refractivity contribution in [1.82, 2.24) is 40.5 Å². The smallest absolute Gasteiger partial charge is 0.254 e. The van der Waals surface area contributed by atoms with E-state index in [9.17, 15) is 14.7 Å². The number of phenols is 1. The number of phenolic OH excluding ortho intramolecular Hbond substituents is 1. The Labute approximate surface area is 537 Å². The van der Waals surface area contributed by atoms with Crippen molar-refractivity contribution in [3.05, 3.63) is 187 Å². The molecule has 1 aliphatic carbocycles. The van der Waals surface area contributed by atoms with Gasteiger partial charge in [-0.3, -0.25) is 14.4 Å². The molecule has 0 saturated carbocycles. The minimum Gasteiger partial charge on any atom is -0.506 e. The Bertz CT molecular complexity index is 4070. The molecule has 91 heavy (non-hydrogen) atoms. The van der Waals surface area contributed by atoms with Crippen LogP contribution in [0.25, 0.3) is 17.0 Å². The van der Waals surface area contributed by atoms with E-state index in [1.54, 1.807) is 24.0 Å². The van der Waals surface area contributed by atoms with Crippen LogP contribution in [0, 0.1) is 6.92 Å². The molecule has 4 aliphatic rings. The van der Waals surface area contributed by atoms with Crippen LogP contribution in [-0.2, 0) is 45.2 Å². The molecule has 3 amide bonds. The molecule has 2 atom stereocenters. The number of hydrogen-bond acceptors (Lipinski definition) is 11. The number of anilines is 1. The number of carbonyl (C=O) groups is 3. The van der Waals surface area contributed by atoms with Gasteiger partial charge in [-0.25, -0.2) is 4.58 Å². The van der Waals surface area contributed by atoms with E-state index in [1.165, 1.54) is 55.2 Å². The first-order valence-electron chi connectivity index (χ1n) is 33.3. The van der Waals surface area contributed by atoms with Gasteiger partial charge in [0.1, 0.15) is 24.5 Å². The fraction of sp³-hybridized carbons (Fsp3) is 0.447. The van der Waals surface area contributed by atoms with Gasteiger partial charge in [0.2, 0.25) is 23.0 Å². The molecular formula is C76H92N11O4+. The number of aromatic hydroxyl groups is 1. The van der Waals surface area contributed by atoms with Gasteiger partial charge in [0.25, 0.3) is 5.91 Å². The minimum absolute atomic E-state index is 0.0214. The highest BCUT2D eigenvalue weighted by Crippen LogP contribution is 2.50. The topological polar surface area (TPSA) is 181 Å². The maximum Gasteiger partial charge on any atom is 0.254 e. The molecule has 15 nitrogen and oxygen atoms in total. The summed E-state index contributed by atoms with van der Waals surface area (Å²) >= 11 is 0. The van der Waals surface area contributed by atoms with Gasteiger partial charge in [-0.1, -0.05) is 102 Å². The zero-order valence-electron chi connectivity index (χ0n) is 55.7. The fourth-order valence-electron chi connectivity index (χ4n) is 15.5. The number of aromatic nitrogens is 4. The first-order valence-corrected chi connectivity index (χ1v) is 33.3. The second-order valence-corrected chi connectivity index (χ2v) is 27.3. The molecule has 7 aromatic rings. The summed E-state index contributed by atoms with van der Waals surface area (Å²) in [6.45, 7) is 28.7. The van der Waals surface area contributed by atoms with Crippen molar-refractivity contribution in [1.29, 1.82) is 0 Å². The van der Waals surface area contributed by atoms with E-state index in [0.717, 1.165) is 92.4 Å². The summed E-state index contributed by atoms with van der Waals surface area (Å²) in [7, 11) is 1.87. The highest BCUT2D eigenvalue weighted by atomic mass is 16.3. The summed E-state index contributed by atoms with van der Waals surface area (Å²) < 4.78 is 2.65. The van der Waals surface area contributed by atoms with Crippen molar-refractivity contribution in [2.45, 2.75) is 181 Å². The number of hydrogen-bond donors (Lipinski definition) is 3. The van der Waals surface area contributed by atoms with Gasteiger partial charge in [0, 0.05) is 91.4 Å². The van der Waals surface area contributed by atoms with Crippen LogP contribution in [0.15, 0.2) is 119 Å². The molecule has 15 heteroatoms. The summed E-state index contributed by atoms with van der Waals surface area (Å²) in [4.78, 5) is 46.8. The average Bonchev–Trinajstić information content (AvgIpc) is 0.702. The second-order valence-electron chi connectivity index (χ2n) is 27.3. The third kappa shape index (κ3) is 12.3. The first kappa shape index (κ1) is 64.1. The Morgan fingerprint density at radius 3 is 2.20 bits per heavy atom. The van der Waals surface area contributed by atoms with E-state index in [-0.39, 0.29) is 46.3 Å². The summed E-state index contributed by atoms with van der Waals surface area (Å²) in [5, 5.41) is 45.5. The molecule has 0 saturated heterocycles. The Hall–Kier alpha value is -8.46. The molecule has 11 rings (SSSR count). The van der Waals surface area contributed by atoms with Gasteiger partial charge < -0.3 is 25.5 Å². The van der Waals surface area contributed by atoms with Gasteiger partial charge in [-0.05, 0) is 201 Å². The van der Waals surface area contributed by atoms with E-state index in [1.807, 2.05) is 87.6 Å². The standard InChI is InChI=1S/C76H91N11O4/c1-13-75(11,72(91)78-47-50-27-29-51(30-28-50)70-83-79-49(6)80-84-70)53-31-34-55(35-32-53)81-82-63-36-33-54(43-65(63)88)76(14-2,15-3)37-38-77-66(89)26-21-39-85(12)71(90)57-24-18-17-23-56(57)67-60-44-59-48(5)46-73(7,8)87(16-4)64(59)45-62(60)74(9,10)68-58-25-20-41-86-40-19-22-52(69(58)86)42-61(67)68/h17-18,23-24,27-36,42-45,48H,13-16,19-22,25-26,37-41,46-47H2,1-12H3,(H2-,77,78,81,88,89,91)/p+1. The van der Waals surface area contributed by atoms with E-state index in [2.05, 4.69) is 136 Å². The van der Waals surface area contributed by atoms with Gasteiger partial charge in [0.05, 0.1) is 11.1 Å². The normalized spacial score (nSPS) is 16.9. The van der Waals surface area contributed by atoms with Crippen LogP contribution in [0.4, 0.5) is 17.1 Å². The van der Waals surface area contributed by atoms with E-state index in [4.69, 9.17) is 0 Å². The number of carbonyl (C=O) groups excluding carboxylic acids is 3. The lowest BCUT2D eigenvalue weighted by molar-refractivity contribution is -0.126. The maximum atomic E-state index is 15.0. The van der Waals surface area contributed by atoms with Gasteiger partial charge in [0.15, 0.2) is 5.82 Å². The van der Waals surface area contributed by atoms with Crippen LogP contribution >= 0.6 is 0 Å². The summed E-state index contributed by atoms with van der Waals surface area (Å²) in [5.74, 6) is 1.15. The van der Waals surface area contributed by atoms with Crippen molar-refractivity contribution in [3.63, 3.8) is 0 Å². The molecular weight excluding hydrogens is 1130 g/mol. The van der Waals surface area contributed by atoms with E-state index >= 15 is 4.79 Å². The zero-order chi connectivity index (χ0) is 64.6. The van der Waals surface area contributed by atoms with Crippen LogP contribution in [-0.4, -0.2) is 93.4 Å². The number of nitrogens with zero attached hydrogens (tertiary/aromatic N) is 9. The lowest BCUT2D eigenvalue weighted by atomic mass is 9.64. The molecule has 6 aromatic carbocycles. The van der Waals surface area contributed by atoms with Crippen molar-refractivity contribution in [2.24, 2.45) is 10.2 Å². The molecule has 2 unspecified atom stereocenters. The zero-order valence-corrected chi connectivity index (χ0v) is 55.7. The third-order valence-corrected chi connectivity index (χ3v) is 21.0. The first-order chi connectivity index (χ1) is 43.6. The molecule has 3 aliphatic heterocycles. The predicted octanol–water partition coefficient (Wildman–Crippen LogP) is 12.8. The molecule has 3 N–H and O–H groups in total. The Kier molecular flexibility index (Phi) is 18.3. The van der Waals surface area contributed by atoms with Crippen LogP contribution in [0.3, 0.4) is 0 Å². The molecule has 0 spiro atoms. The number of fused-ring (bicyclic) bond motifs is 4. The SMILES string of the molecule is CCN1c2cc3c(cc2C(C)CC1(C)C)C(c1ccccc1C(=O)N(C)CCCC(=O)NCCC(CC)(CC)c1ccc(N=Nc2ccc(C(C)(CC)C(=O)NCc4ccc(-c5nnc(C)nn5)cc4)cc2)c(O)c1)=c1cc2c4c(c1C3(C)C)CCC[N+]=4CCC2. The largest absolute Gasteiger partial charge is 0.506 e. The Morgan fingerprint density at radius 1 is 0.802 bits per heavy atom. The monoisotopic (exact) mass is 1220 g/mol. The second kappa shape index (κ2) is 26.0. The van der Waals surface area contributed by atoms with Gasteiger partial charge >= 0.3 is 0 Å². The van der Waals surface area contributed by atoms with E-state index in [0.29, 0.717) is 73.4 Å². The van der Waals surface area contributed by atoms with Gasteiger partial charge in [-0.2, -0.15) is 5.11 Å². The lowest BCUT2D eigenvalue weighted by Crippen LogP contribution is -2.50. The lowest BCUT2D eigenvalue weighted by Gasteiger charge is -2.48. The minimum atomic E-state index is -0.790. The molecule has 0 bridgehead atoms. The number of azo groups is 1. The third-order valence-electron chi connectivity index (χ3n) is 21.0. The highest BCUT2D eigenvalue weighted by molar-refractivity contribution is 6.02. The van der Waals surface area contributed by atoms with E-state index < -0.39 is 5.41 Å². The quantitative estimate of drug-likeness (QED) is 0.0466. The number of aryl methyl sites for hydroxylation is 2. The summed E-state index contributed by atoms with van der Waals surface area (Å²) in [6, 6.07) is 36.5. The summed E-state index contributed by atoms with van der Waals surface area (Å²) in [6.07, 6.45) is 9.13. The average molecular weight is 1220 g/mol. The summed E-state index contributed by atoms with van der Waals surface area (Å²) in [5.41, 5.74) is 15.6. The Balaban J connectivity index is 0.729. The fourth-order valence-corrected chi connectivity index (χ4v) is 15.5. The van der Waals surface area contributed by atoms with Crippen LogP contribution in [0.5, 0.6) is 5.75 Å². The van der Waals surface area contributed by atoms with Crippen molar-refractivity contribution >= 4 is 40.4 Å². The Morgan fingerprint density at radius 2 is 1.51 bits per heavy atom. The number of amides is 3. The number of nitrogens with one attached hydrogen (secondary N) is 2. The molecule has 0 radical (unpaired) electrons. The van der Waals surface area contributed by atoms with Crippen molar-refractivity contribution < 1.29 is 19.5 Å². The van der Waals surface area contributed by atoms with Crippen LogP contribution in [0.1, 0.15) is 205 Å². The maximum absolute atomic E-state index is 15.0.